The lowest BCUT2D eigenvalue weighted by Crippen LogP contribution is -2.10. The first-order valence-electron chi connectivity index (χ1n) is 7.20. The van der Waals surface area contributed by atoms with Crippen molar-refractivity contribution in [1.82, 2.24) is 0 Å². The summed E-state index contributed by atoms with van der Waals surface area (Å²) in [7, 11) is 0. The molecule has 0 atom stereocenters. The first-order chi connectivity index (χ1) is 9.45. The molecule has 1 aliphatic rings. The Kier molecular flexibility index (Phi) is 3.29. The summed E-state index contributed by atoms with van der Waals surface area (Å²) in [6, 6.07) is 12.8. The van der Waals surface area contributed by atoms with E-state index in [2.05, 4.69) is 51.1 Å². The molecule has 0 N–H and O–H groups in total. The Bertz CT molecular complexity index is 624. The highest BCUT2D eigenvalue weighted by Crippen LogP contribution is 2.37. The van der Waals surface area contributed by atoms with Crippen LogP contribution in [0.25, 0.3) is 10.4 Å². The number of Topliss-reactive ketones (excluding diaryl/α,β-unsaturated/α-hetero) is 1. The molecule has 0 spiro atoms. The molecule has 20 heavy (non-hydrogen) atoms. The summed E-state index contributed by atoms with van der Waals surface area (Å²) in [5.41, 5.74) is 2.73. The van der Waals surface area contributed by atoms with E-state index in [9.17, 15) is 4.79 Å². The van der Waals surface area contributed by atoms with Gasteiger partial charge < -0.3 is 0 Å². The van der Waals surface area contributed by atoms with E-state index in [1.165, 1.54) is 16.0 Å². The van der Waals surface area contributed by atoms with Crippen LogP contribution in [0.5, 0.6) is 0 Å². The third-order valence-corrected chi connectivity index (χ3v) is 4.98. The molecule has 1 nitrogen and oxygen atoms in total. The van der Waals surface area contributed by atoms with E-state index in [0.717, 1.165) is 17.7 Å². The molecule has 2 heteroatoms. The van der Waals surface area contributed by atoms with Gasteiger partial charge in [-0.1, -0.05) is 45.0 Å². The van der Waals surface area contributed by atoms with E-state index in [-0.39, 0.29) is 5.41 Å². The van der Waals surface area contributed by atoms with Gasteiger partial charge in [-0.3, -0.25) is 4.79 Å². The maximum Gasteiger partial charge on any atom is 0.175 e. The van der Waals surface area contributed by atoms with Crippen molar-refractivity contribution < 1.29 is 4.79 Å². The Morgan fingerprint density at radius 2 is 1.70 bits per heavy atom. The molecule has 1 aromatic heterocycles. The van der Waals surface area contributed by atoms with Gasteiger partial charge in [-0.15, -0.1) is 11.3 Å². The van der Waals surface area contributed by atoms with E-state index in [0.29, 0.717) is 11.7 Å². The molecule has 1 saturated carbocycles. The molecule has 0 unspecified atom stereocenters. The van der Waals surface area contributed by atoms with Crippen LogP contribution in [0.15, 0.2) is 36.4 Å². The number of thiophene rings is 1. The maximum absolute atomic E-state index is 12.0. The molecule has 2 aromatic rings. The standard InChI is InChI=1S/C18H20OS/c1-18(2,3)14-8-6-12(7-9-14)15-10-11-16(20-15)17(19)13-4-5-13/h6-11,13H,4-5H2,1-3H3. The molecule has 0 amide bonds. The van der Waals surface area contributed by atoms with Crippen molar-refractivity contribution in [3.05, 3.63) is 46.8 Å². The third-order valence-electron chi connectivity index (χ3n) is 3.83. The van der Waals surface area contributed by atoms with Crippen LogP contribution >= 0.6 is 11.3 Å². The molecule has 0 aliphatic heterocycles. The van der Waals surface area contributed by atoms with Crippen LogP contribution in [0.1, 0.15) is 48.8 Å². The molecule has 104 valence electrons. The number of carbonyl (C=O) groups excluding carboxylic acids is 1. The van der Waals surface area contributed by atoms with E-state index >= 15 is 0 Å². The van der Waals surface area contributed by atoms with Gasteiger partial charge in [0.25, 0.3) is 0 Å². The summed E-state index contributed by atoms with van der Waals surface area (Å²) in [6.45, 7) is 6.67. The predicted molar refractivity (Wildman–Crippen MR) is 85.5 cm³/mol. The average Bonchev–Trinajstić information content (AvgIpc) is 3.14. The maximum atomic E-state index is 12.0. The number of hydrogen-bond acceptors (Lipinski definition) is 2. The zero-order valence-corrected chi connectivity index (χ0v) is 13.1. The fourth-order valence-corrected chi connectivity index (χ4v) is 3.34. The highest BCUT2D eigenvalue weighted by Gasteiger charge is 2.31. The van der Waals surface area contributed by atoms with Gasteiger partial charge in [-0.2, -0.15) is 0 Å². The van der Waals surface area contributed by atoms with Crippen molar-refractivity contribution in [3.8, 4) is 10.4 Å². The van der Waals surface area contributed by atoms with Crippen molar-refractivity contribution in [2.75, 3.05) is 0 Å². The van der Waals surface area contributed by atoms with Crippen LogP contribution in [0.3, 0.4) is 0 Å². The number of carbonyl (C=O) groups is 1. The van der Waals surface area contributed by atoms with Crippen molar-refractivity contribution in [1.29, 1.82) is 0 Å². The lowest BCUT2D eigenvalue weighted by Gasteiger charge is -2.18. The SMILES string of the molecule is CC(C)(C)c1ccc(-c2ccc(C(=O)C3CC3)s2)cc1. The Balaban J connectivity index is 1.84. The lowest BCUT2D eigenvalue weighted by atomic mass is 9.86. The van der Waals surface area contributed by atoms with Crippen LogP contribution in [0, 0.1) is 5.92 Å². The fourth-order valence-electron chi connectivity index (χ4n) is 2.31. The Morgan fingerprint density at radius 1 is 1.05 bits per heavy atom. The van der Waals surface area contributed by atoms with Gasteiger partial charge in [0, 0.05) is 10.8 Å². The average molecular weight is 284 g/mol. The Morgan fingerprint density at radius 3 is 2.25 bits per heavy atom. The van der Waals surface area contributed by atoms with Crippen molar-refractivity contribution >= 4 is 17.1 Å². The number of rotatable bonds is 3. The Hall–Kier alpha value is -1.41. The molecular weight excluding hydrogens is 264 g/mol. The monoisotopic (exact) mass is 284 g/mol. The van der Waals surface area contributed by atoms with Gasteiger partial charge in [0.2, 0.25) is 0 Å². The largest absolute Gasteiger partial charge is 0.293 e. The molecular formula is C18H20OS. The highest BCUT2D eigenvalue weighted by molar-refractivity contribution is 7.17. The minimum Gasteiger partial charge on any atom is -0.293 e. The molecule has 1 heterocycles. The van der Waals surface area contributed by atoms with Crippen LogP contribution < -0.4 is 0 Å². The predicted octanol–water partition coefficient (Wildman–Crippen LogP) is 5.31. The second-order valence-corrected chi connectivity index (χ2v) is 7.71. The minimum atomic E-state index is 0.182. The van der Waals surface area contributed by atoms with Gasteiger partial charge >= 0.3 is 0 Å². The third kappa shape index (κ3) is 2.71. The first kappa shape index (κ1) is 13.6. The summed E-state index contributed by atoms with van der Waals surface area (Å²) >= 11 is 1.63. The molecule has 1 aliphatic carbocycles. The first-order valence-corrected chi connectivity index (χ1v) is 8.02. The summed E-state index contributed by atoms with van der Waals surface area (Å²) in [5.74, 6) is 0.650. The van der Waals surface area contributed by atoms with Gasteiger partial charge in [0.15, 0.2) is 5.78 Å². The van der Waals surface area contributed by atoms with Crippen molar-refractivity contribution in [2.24, 2.45) is 5.92 Å². The van der Waals surface area contributed by atoms with Gasteiger partial charge in [0.1, 0.15) is 0 Å². The molecule has 3 rings (SSSR count). The molecule has 0 radical (unpaired) electrons. The lowest BCUT2D eigenvalue weighted by molar-refractivity contribution is 0.0971. The van der Waals surface area contributed by atoms with Crippen molar-refractivity contribution in [2.45, 2.75) is 39.0 Å². The summed E-state index contributed by atoms with van der Waals surface area (Å²) in [6.07, 6.45) is 2.15. The Labute approximate surface area is 124 Å². The fraction of sp³-hybridized carbons (Fsp3) is 0.389. The van der Waals surface area contributed by atoms with E-state index < -0.39 is 0 Å². The number of benzene rings is 1. The van der Waals surface area contributed by atoms with Gasteiger partial charge in [0.05, 0.1) is 4.88 Å². The van der Waals surface area contributed by atoms with Crippen LogP contribution in [-0.2, 0) is 5.41 Å². The molecule has 1 fully saturated rings. The van der Waals surface area contributed by atoms with Crippen LogP contribution in [0.2, 0.25) is 0 Å². The van der Waals surface area contributed by atoms with E-state index in [1.807, 2.05) is 6.07 Å². The molecule has 1 aromatic carbocycles. The molecule has 0 bridgehead atoms. The minimum absolute atomic E-state index is 0.182. The number of ketones is 1. The van der Waals surface area contributed by atoms with Gasteiger partial charge in [-0.05, 0) is 41.5 Å². The highest BCUT2D eigenvalue weighted by atomic mass is 32.1. The normalized spacial score (nSPS) is 15.3. The smallest absolute Gasteiger partial charge is 0.175 e. The van der Waals surface area contributed by atoms with Gasteiger partial charge in [-0.25, -0.2) is 0 Å². The summed E-state index contributed by atoms with van der Waals surface area (Å²) in [4.78, 5) is 14.2. The number of hydrogen-bond donors (Lipinski definition) is 0. The second-order valence-electron chi connectivity index (χ2n) is 6.63. The van der Waals surface area contributed by atoms with E-state index in [1.54, 1.807) is 11.3 Å². The zero-order chi connectivity index (χ0) is 14.3. The zero-order valence-electron chi connectivity index (χ0n) is 12.3. The molecule has 0 saturated heterocycles. The summed E-state index contributed by atoms with van der Waals surface area (Å²) in [5, 5.41) is 0. The topological polar surface area (TPSA) is 17.1 Å². The second kappa shape index (κ2) is 4.85. The van der Waals surface area contributed by atoms with E-state index in [4.69, 9.17) is 0 Å². The van der Waals surface area contributed by atoms with Crippen LogP contribution in [0.4, 0.5) is 0 Å². The van der Waals surface area contributed by atoms with Crippen LogP contribution in [-0.4, -0.2) is 5.78 Å². The quantitative estimate of drug-likeness (QED) is 0.698. The van der Waals surface area contributed by atoms with Crippen molar-refractivity contribution in [3.63, 3.8) is 0 Å². The summed E-state index contributed by atoms with van der Waals surface area (Å²) < 4.78 is 0.